The van der Waals surface area contributed by atoms with E-state index < -0.39 is 0 Å². The van der Waals surface area contributed by atoms with E-state index in [-0.39, 0.29) is 0 Å². The first-order valence-corrected chi connectivity index (χ1v) is 6.14. The highest BCUT2D eigenvalue weighted by Gasteiger charge is 2.15. The molecular weight excluding hydrogens is 218 g/mol. The average molecular weight is 235 g/mol. The molecule has 1 aliphatic carbocycles. The van der Waals surface area contributed by atoms with Gasteiger partial charge >= 0.3 is 0 Å². The molecule has 0 unspecified atom stereocenters. The maximum absolute atomic E-state index is 5.27. The van der Waals surface area contributed by atoms with Gasteiger partial charge in [0.15, 0.2) is 5.11 Å². The molecule has 3 nitrogen and oxygen atoms in total. The number of aromatic nitrogens is 1. The van der Waals surface area contributed by atoms with E-state index in [4.69, 9.17) is 12.2 Å². The topological polar surface area (TPSA) is 37.0 Å². The van der Waals surface area contributed by atoms with Crippen LogP contribution in [0.25, 0.3) is 0 Å². The first-order valence-electron chi connectivity index (χ1n) is 5.73. The Labute approximate surface area is 102 Å². The fraction of sp³-hybridized carbons (Fsp3) is 0.500. The Bertz CT molecular complexity index is 372. The van der Waals surface area contributed by atoms with Crippen molar-refractivity contribution in [3.8, 4) is 0 Å². The van der Waals surface area contributed by atoms with Crippen LogP contribution in [-0.4, -0.2) is 16.1 Å². The van der Waals surface area contributed by atoms with Crippen LogP contribution in [0.2, 0.25) is 0 Å². The standard InChI is InChI=1S/C12H17N3S/c1-9-6-11(8-13-7-9)15-12(16)14-10-4-2-3-5-10/h6-8,10H,2-5H2,1H3,(H2,14,15,16). The lowest BCUT2D eigenvalue weighted by Crippen LogP contribution is -2.35. The van der Waals surface area contributed by atoms with Crippen molar-refractivity contribution in [3.05, 3.63) is 24.0 Å². The fourth-order valence-corrected chi connectivity index (χ4v) is 2.33. The van der Waals surface area contributed by atoms with Gasteiger partial charge in [0.2, 0.25) is 0 Å². The number of nitrogens with one attached hydrogen (secondary N) is 2. The number of hydrogen-bond donors (Lipinski definition) is 2. The van der Waals surface area contributed by atoms with Gasteiger partial charge in [0.1, 0.15) is 0 Å². The molecule has 0 saturated heterocycles. The first kappa shape index (κ1) is 11.3. The van der Waals surface area contributed by atoms with E-state index in [1.807, 2.05) is 19.2 Å². The Hall–Kier alpha value is -1.16. The fourth-order valence-electron chi connectivity index (χ4n) is 2.05. The number of aryl methyl sites for hydroxylation is 1. The second kappa shape index (κ2) is 5.25. The summed E-state index contributed by atoms with van der Waals surface area (Å²) in [7, 11) is 0. The summed E-state index contributed by atoms with van der Waals surface area (Å²) in [6, 6.07) is 2.59. The molecule has 0 atom stereocenters. The Morgan fingerprint density at radius 3 is 2.81 bits per heavy atom. The lowest BCUT2D eigenvalue weighted by atomic mass is 10.2. The van der Waals surface area contributed by atoms with E-state index >= 15 is 0 Å². The van der Waals surface area contributed by atoms with E-state index in [9.17, 15) is 0 Å². The summed E-state index contributed by atoms with van der Waals surface area (Å²) < 4.78 is 0. The zero-order valence-electron chi connectivity index (χ0n) is 9.49. The van der Waals surface area contributed by atoms with Crippen LogP contribution in [0.15, 0.2) is 18.5 Å². The summed E-state index contributed by atoms with van der Waals surface area (Å²) in [6.07, 6.45) is 8.70. The summed E-state index contributed by atoms with van der Waals surface area (Å²) in [4.78, 5) is 4.12. The van der Waals surface area contributed by atoms with Crippen molar-refractivity contribution in [1.82, 2.24) is 10.3 Å². The molecule has 0 amide bonds. The molecule has 4 heteroatoms. The zero-order chi connectivity index (χ0) is 11.4. The van der Waals surface area contributed by atoms with E-state index in [2.05, 4.69) is 15.6 Å². The molecule has 16 heavy (non-hydrogen) atoms. The highest BCUT2D eigenvalue weighted by Crippen LogP contribution is 2.17. The second-order valence-electron chi connectivity index (χ2n) is 4.33. The molecule has 1 aliphatic rings. The van der Waals surface area contributed by atoms with Gasteiger partial charge in [0.05, 0.1) is 11.9 Å². The SMILES string of the molecule is Cc1cncc(NC(=S)NC2CCCC2)c1. The molecule has 1 fully saturated rings. The predicted octanol–water partition coefficient (Wildman–Crippen LogP) is 2.62. The van der Waals surface area contributed by atoms with Crippen LogP contribution in [0, 0.1) is 6.92 Å². The number of pyridine rings is 1. The molecule has 1 saturated carbocycles. The van der Waals surface area contributed by atoms with Gasteiger partial charge in [-0.3, -0.25) is 4.98 Å². The van der Waals surface area contributed by atoms with Crippen LogP contribution in [0.4, 0.5) is 5.69 Å². The van der Waals surface area contributed by atoms with Gasteiger partial charge < -0.3 is 10.6 Å². The predicted molar refractivity (Wildman–Crippen MR) is 70.6 cm³/mol. The molecule has 2 rings (SSSR count). The molecule has 0 radical (unpaired) electrons. The van der Waals surface area contributed by atoms with Gasteiger partial charge in [-0.25, -0.2) is 0 Å². The normalized spacial score (nSPS) is 16.1. The molecule has 2 N–H and O–H groups in total. The summed E-state index contributed by atoms with van der Waals surface area (Å²) in [5, 5.41) is 7.21. The van der Waals surface area contributed by atoms with Crippen LogP contribution in [-0.2, 0) is 0 Å². The summed E-state index contributed by atoms with van der Waals surface area (Å²) >= 11 is 5.27. The lowest BCUT2D eigenvalue weighted by Gasteiger charge is -2.15. The maximum atomic E-state index is 5.27. The van der Waals surface area contributed by atoms with Crippen molar-refractivity contribution in [2.45, 2.75) is 38.6 Å². The highest BCUT2D eigenvalue weighted by atomic mass is 32.1. The Balaban J connectivity index is 1.86. The van der Waals surface area contributed by atoms with Crippen molar-refractivity contribution in [2.75, 3.05) is 5.32 Å². The minimum absolute atomic E-state index is 0.553. The third kappa shape index (κ3) is 3.17. The van der Waals surface area contributed by atoms with Crippen LogP contribution in [0.3, 0.4) is 0 Å². The number of rotatable bonds is 2. The van der Waals surface area contributed by atoms with Gasteiger partial charge in [-0.05, 0) is 43.6 Å². The number of anilines is 1. The third-order valence-corrected chi connectivity index (χ3v) is 3.04. The number of thiocarbonyl (C=S) groups is 1. The molecule has 0 spiro atoms. The minimum Gasteiger partial charge on any atom is -0.360 e. The molecular formula is C12H17N3S. The Morgan fingerprint density at radius 2 is 2.12 bits per heavy atom. The lowest BCUT2D eigenvalue weighted by molar-refractivity contribution is 0.634. The molecule has 0 bridgehead atoms. The molecule has 1 heterocycles. The van der Waals surface area contributed by atoms with Crippen molar-refractivity contribution in [1.29, 1.82) is 0 Å². The molecule has 0 aliphatic heterocycles. The van der Waals surface area contributed by atoms with E-state index in [0.717, 1.165) is 11.3 Å². The van der Waals surface area contributed by atoms with E-state index in [0.29, 0.717) is 11.2 Å². The van der Waals surface area contributed by atoms with Gasteiger partial charge in [0, 0.05) is 12.2 Å². The molecule has 1 aromatic heterocycles. The van der Waals surface area contributed by atoms with Crippen LogP contribution < -0.4 is 10.6 Å². The highest BCUT2D eigenvalue weighted by molar-refractivity contribution is 7.80. The summed E-state index contributed by atoms with van der Waals surface area (Å²) in [5.74, 6) is 0. The second-order valence-corrected chi connectivity index (χ2v) is 4.74. The average Bonchev–Trinajstić information content (AvgIpc) is 2.70. The molecule has 86 valence electrons. The number of hydrogen-bond acceptors (Lipinski definition) is 2. The van der Waals surface area contributed by atoms with Gasteiger partial charge in [-0.1, -0.05) is 12.8 Å². The van der Waals surface area contributed by atoms with Crippen LogP contribution in [0.1, 0.15) is 31.2 Å². The van der Waals surface area contributed by atoms with Crippen molar-refractivity contribution in [2.24, 2.45) is 0 Å². The van der Waals surface area contributed by atoms with Crippen molar-refractivity contribution >= 4 is 23.0 Å². The third-order valence-electron chi connectivity index (χ3n) is 2.82. The van der Waals surface area contributed by atoms with Crippen molar-refractivity contribution < 1.29 is 0 Å². The van der Waals surface area contributed by atoms with Crippen molar-refractivity contribution in [3.63, 3.8) is 0 Å². The maximum Gasteiger partial charge on any atom is 0.171 e. The number of nitrogens with zero attached hydrogens (tertiary/aromatic N) is 1. The molecule has 0 aromatic carbocycles. The summed E-state index contributed by atoms with van der Waals surface area (Å²) in [6.45, 7) is 2.02. The molecule has 1 aromatic rings. The minimum atomic E-state index is 0.553. The van der Waals surface area contributed by atoms with Gasteiger partial charge in [0.25, 0.3) is 0 Å². The van der Waals surface area contributed by atoms with Crippen LogP contribution in [0.5, 0.6) is 0 Å². The van der Waals surface area contributed by atoms with Gasteiger partial charge in [-0.2, -0.15) is 0 Å². The largest absolute Gasteiger partial charge is 0.360 e. The van der Waals surface area contributed by atoms with E-state index in [1.165, 1.54) is 25.7 Å². The van der Waals surface area contributed by atoms with Crippen LogP contribution >= 0.6 is 12.2 Å². The smallest absolute Gasteiger partial charge is 0.171 e. The Morgan fingerprint density at radius 1 is 1.38 bits per heavy atom. The van der Waals surface area contributed by atoms with E-state index in [1.54, 1.807) is 6.20 Å². The quantitative estimate of drug-likeness (QED) is 0.773. The van der Waals surface area contributed by atoms with Gasteiger partial charge in [-0.15, -0.1) is 0 Å². The zero-order valence-corrected chi connectivity index (χ0v) is 10.3. The monoisotopic (exact) mass is 235 g/mol. The first-order chi connectivity index (χ1) is 7.74. The Kier molecular flexibility index (Phi) is 3.72. The summed E-state index contributed by atoms with van der Waals surface area (Å²) in [5.41, 5.74) is 2.09.